The average Bonchev–Trinajstić information content (AvgIpc) is 2.60. The van der Waals surface area contributed by atoms with Crippen LogP contribution in [0, 0.1) is 11.6 Å². The van der Waals surface area contributed by atoms with Crippen molar-refractivity contribution in [3.05, 3.63) is 72.4 Å². The predicted molar refractivity (Wildman–Crippen MR) is 90.2 cm³/mol. The number of ether oxygens (including phenoxy) is 1. The van der Waals surface area contributed by atoms with E-state index < -0.39 is 11.6 Å². The number of hydrogen-bond donors (Lipinski definition) is 2. The third kappa shape index (κ3) is 3.60. The number of halogens is 2. The number of rotatable bonds is 5. The summed E-state index contributed by atoms with van der Waals surface area (Å²) in [7, 11) is 1.59. The predicted octanol–water partition coefficient (Wildman–Crippen LogP) is 4.86. The number of methoxy groups -OCH3 is 1. The van der Waals surface area contributed by atoms with Gasteiger partial charge in [-0.05, 0) is 48.5 Å². The van der Waals surface area contributed by atoms with Gasteiger partial charge in [-0.3, -0.25) is 0 Å². The van der Waals surface area contributed by atoms with Gasteiger partial charge in [-0.2, -0.15) is 0 Å². The molecule has 0 amide bonds. The van der Waals surface area contributed by atoms with Crippen LogP contribution in [0.1, 0.15) is 0 Å². The molecule has 0 spiro atoms. The zero-order chi connectivity index (χ0) is 16.9. The van der Waals surface area contributed by atoms with Gasteiger partial charge in [-0.1, -0.05) is 0 Å². The summed E-state index contributed by atoms with van der Waals surface area (Å²) in [6.45, 7) is 0. The molecule has 4 nitrogen and oxygen atoms in total. The smallest absolute Gasteiger partial charge is 0.154 e. The lowest BCUT2D eigenvalue weighted by Crippen LogP contribution is -2.01. The highest BCUT2D eigenvalue weighted by atomic mass is 19.1. The fourth-order valence-corrected chi connectivity index (χ4v) is 2.16. The van der Waals surface area contributed by atoms with Crippen LogP contribution in [0.3, 0.4) is 0 Å². The fraction of sp³-hybridized carbons (Fsp3) is 0.0556. The van der Waals surface area contributed by atoms with Gasteiger partial charge in [-0.25, -0.2) is 13.8 Å². The van der Waals surface area contributed by atoms with Crippen LogP contribution in [0.4, 0.5) is 31.7 Å². The van der Waals surface area contributed by atoms with Gasteiger partial charge in [0.25, 0.3) is 0 Å². The first kappa shape index (κ1) is 15.7. The largest absolute Gasteiger partial charge is 0.497 e. The Morgan fingerprint density at radius 1 is 0.917 bits per heavy atom. The van der Waals surface area contributed by atoms with E-state index in [2.05, 4.69) is 15.6 Å². The van der Waals surface area contributed by atoms with E-state index in [4.69, 9.17) is 4.74 Å². The minimum absolute atomic E-state index is 0.0424. The first-order chi connectivity index (χ1) is 11.7. The molecule has 2 aromatic carbocycles. The summed E-state index contributed by atoms with van der Waals surface area (Å²) in [4.78, 5) is 4.24. The first-order valence-corrected chi connectivity index (χ1v) is 7.24. The van der Waals surface area contributed by atoms with Crippen molar-refractivity contribution < 1.29 is 13.5 Å². The van der Waals surface area contributed by atoms with Gasteiger partial charge in [0.2, 0.25) is 0 Å². The van der Waals surface area contributed by atoms with Crippen LogP contribution in [0.5, 0.6) is 5.75 Å². The first-order valence-electron chi connectivity index (χ1n) is 7.24. The van der Waals surface area contributed by atoms with Gasteiger partial charge in [0, 0.05) is 18.0 Å². The highest BCUT2D eigenvalue weighted by Gasteiger charge is 2.08. The van der Waals surface area contributed by atoms with Gasteiger partial charge in [0.15, 0.2) is 5.82 Å². The van der Waals surface area contributed by atoms with Crippen molar-refractivity contribution in [2.45, 2.75) is 0 Å². The van der Waals surface area contributed by atoms with Crippen LogP contribution >= 0.6 is 0 Å². The summed E-state index contributed by atoms with van der Waals surface area (Å²) in [6.07, 6.45) is 1.61. The topological polar surface area (TPSA) is 46.2 Å². The molecule has 0 aliphatic carbocycles. The van der Waals surface area contributed by atoms with Gasteiger partial charge in [-0.15, -0.1) is 0 Å². The molecule has 0 saturated carbocycles. The Morgan fingerprint density at radius 2 is 1.71 bits per heavy atom. The Hall–Kier alpha value is -3.15. The number of anilines is 4. The molecule has 0 bridgehead atoms. The standard InChI is InChI=1S/C18H15F2N3O/c1-24-14-7-5-13(6-8-14)22-18-16(3-2-10-21-18)23-17-11-12(19)4-9-15(17)20/h2-11,23H,1H3,(H,21,22). The highest BCUT2D eigenvalue weighted by molar-refractivity contribution is 5.75. The molecule has 0 atom stereocenters. The van der Waals surface area contributed by atoms with E-state index in [9.17, 15) is 8.78 Å². The van der Waals surface area contributed by atoms with E-state index in [0.717, 1.165) is 29.6 Å². The maximum absolute atomic E-state index is 13.8. The number of aromatic nitrogens is 1. The van der Waals surface area contributed by atoms with Crippen molar-refractivity contribution >= 4 is 22.9 Å². The van der Waals surface area contributed by atoms with Crippen molar-refractivity contribution in [3.8, 4) is 5.75 Å². The lowest BCUT2D eigenvalue weighted by Gasteiger charge is -2.13. The Morgan fingerprint density at radius 3 is 2.46 bits per heavy atom. The van der Waals surface area contributed by atoms with Crippen molar-refractivity contribution in [1.29, 1.82) is 0 Å². The second-order valence-corrected chi connectivity index (χ2v) is 5.00. The molecule has 2 N–H and O–H groups in total. The summed E-state index contributed by atoms with van der Waals surface area (Å²) in [6, 6.07) is 14.0. The number of nitrogens with one attached hydrogen (secondary N) is 2. The summed E-state index contributed by atoms with van der Waals surface area (Å²) in [5, 5.41) is 5.99. The number of pyridine rings is 1. The third-order valence-corrected chi connectivity index (χ3v) is 3.36. The Balaban J connectivity index is 1.85. The van der Waals surface area contributed by atoms with Gasteiger partial charge >= 0.3 is 0 Å². The Kier molecular flexibility index (Phi) is 4.56. The zero-order valence-electron chi connectivity index (χ0n) is 12.9. The molecule has 0 unspecified atom stereocenters. The fourth-order valence-electron chi connectivity index (χ4n) is 2.16. The maximum Gasteiger partial charge on any atom is 0.154 e. The van der Waals surface area contributed by atoms with Crippen LogP contribution in [-0.4, -0.2) is 12.1 Å². The summed E-state index contributed by atoms with van der Waals surface area (Å²) in [5.41, 5.74) is 1.36. The van der Waals surface area contributed by atoms with E-state index >= 15 is 0 Å². The van der Waals surface area contributed by atoms with Crippen LogP contribution in [0.2, 0.25) is 0 Å². The molecule has 0 aliphatic rings. The average molecular weight is 327 g/mol. The third-order valence-electron chi connectivity index (χ3n) is 3.36. The van der Waals surface area contributed by atoms with Gasteiger partial charge in [0.1, 0.15) is 17.4 Å². The van der Waals surface area contributed by atoms with E-state index in [1.54, 1.807) is 25.4 Å². The number of benzene rings is 2. The van der Waals surface area contributed by atoms with E-state index in [-0.39, 0.29) is 5.69 Å². The van der Waals surface area contributed by atoms with E-state index in [1.165, 1.54) is 0 Å². The van der Waals surface area contributed by atoms with Crippen LogP contribution in [0.25, 0.3) is 0 Å². The summed E-state index contributed by atoms with van der Waals surface area (Å²) >= 11 is 0. The second kappa shape index (κ2) is 6.95. The minimum Gasteiger partial charge on any atom is -0.497 e. The highest BCUT2D eigenvalue weighted by Crippen LogP contribution is 2.28. The lowest BCUT2D eigenvalue weighted by atomic mass is 10.2. The monoisotopic (exact) mass is 327 g/mol. The molecule has 0 saturated heterocycles. The molecule has 3 aromatic rings. The van der Waals surface area contributed by atoms with Gasteiger partial charge < -0.3 is 15.4 Å². The Bertz CT molecular complexity index is 838. The molecule has 0 radical (unpaired) electrons. The number of hydrogen-bond acceptors (Lipinski definition) is 4. The van der Waals surface area contributed by atoms with Crippen molar-refractivity contribution in [1.82, 2.24) is 4.98 Å². The van der Waals surface area contributed by atoms with Crippen LogP contribution in [0.15, 0.2) is 60.8 Å². The number of nitrogens with zero attached hydrogens (tertiary/aromatic N) is 1. The molecular weight excluding hydrogens is 312 g/mol. The summed E-state index contributed by atoms with van der Waals surface area (Å²) < 4.78 is 32.2. The normalized spacial score (nSPS) is 10.3. The molecule has 6 heteroatoms. The van der Waals surface area contributed by atoms with Crippen LogP contribution < -0.4 is 15.4 Å². The quantitative estimate of drug-likeness (QED) is 0.703. The molecule has 0 fully saturated rings. The van der Waals surface area contributed by atoms with E-state index in [0.29, 0.717) is 11.5 Å². The minimum atomic E-state index is -0.546. The van der Waals surface area contributed by atoms with Crippen molar-refractivity contribution in [2.24, 2.45) is 0 Å². The molecule has 0 aliphatic heterocycles. The molecule has 1 aromatic heterocycles. The second-order valence-electron chi connectivity index (χ2n) is 5.00. The molecule has 24 heavy (non-hydrogen) atoms. The SMILES string of the molecule is COc1ccc(Nc2ncccc2Nc2cc(F)ccc2F)cc1. The van der Waals surface area contributed by atoms with Crippen molar-refractivity contribution in [2.75, 3.05) is 17.7 Å². The molecule has 122 valence electrons. The molecule has 3 rings (SSSR count). The van der Waals surface area contributed by atoms with Gasteiger partial charge in [0.05, 0.1) is 18.5 Å². The molecular formula is C18H15F2N3O. The van der Waals surface area contributed by atoms with Crippen molar-refractivity contribution in [3.63, 3.8) is 0 Å². The summed E-state index contributed by atoms with van der Waals surface area (Å²) in [5.74, 6) is 0.163. The maximum atomic E-state index is 13.8. The lowest BCUT2D eigenvalue weighted by molar-refractivity contribution is 0.415. The Labute approximate surface area is 138 Å². The molecule has 1 heterocycles. The van der Waals surface area contributed by atoms with E-state index in [1.807, 2.05) is 24.3 Å². The van der Waals surface area contributed by atoms with Crippen LogP contribution in [-0.2, 0) is 0 Å². The zero-order valence-corrected chi connectivity index (χ0v) is 12.9.